The van der Waals surface area contributed by atoms with Gasteiger partial charge in [-0.05, 0) is 59.9 Å². The van der Waals surface area contributed by atoms with Crippen molar-refractivity contribution in [3.63, 3.8) is 0 Å². The number of rotatable bonds is 6. The van der Waals surface area contributed by atoms with Crippen molar-refractivity contribution in [3.8, 4) is 22.3 Å². The molecule has 0 radical (unpaired) electrons. The van der Waals surface area contributed by atoms with E-state index in [0.717, 1.165) is 48.4 Å². The van der Waals surface area contributed by atoms with Gasteiger partial charge in [-0.2, -0.15) is 0 Å². The minimum absolute atomic E-state index is 0.00546. The summed E-state index contributed by atoms with van der Waals surface area (Å²) in [5, 5.41) is 4.21. The highest BCUT2D eigenvalue weighted by atomic mass is 35.5. The van der Waals surface area contributed by atoms with Crippen LogP contribution in [-0.2, 0) is 7.05 Å². The molecule has 0 amide bonds. The van der Waals surface area contributed by atoms with Gasteiger partial charge >= 0.3 is 0 Å². The number of anilines is 1. The molecule has 1 saturated heterocycles. The zero-order valence-electron chi connectivity index (χ0n) is 18.3. The highest BCUT2D eigenvalue weighted by Gasteiger charge is 2.28. The second-order valence-corrected chi connectivity index (χ2v) is 8.89. The molecule has 1 aliphatic heterocycles. The van der Waals surface area contributed by atoms with E-state index in [0.29, 0.717) is 22.7 Å². The van der Waals surface area contributed by atoms with Crippen LogP contribution in [0, 0.1) is 0 Å². The first-order valence-electron chi connectivity index (χ1n) is 10.9. The fraction of sp³-hybridized carbons (Fsp3) is 0.360. The number of nitrogens with one attached hydrogen (secondary N) is 1. The SMILES string of the molecule is CC(C)NC[C@H]1CCCN1c1cc(-c2ccncc2)c(-c2ccc(Cl)cc2)c(=O)n1C. The van der Waals surface area contributed by atoms with Gasteiger partial charge < -0.3 is 10.2 Å². The predicted octanol–water partition coefficient (Wildman–Crippen LogP) is 4.73. The van der Waals surface area contributed by atoms with E-state index in [1.54, 1.807) is 17.0 Å². The van der Waals surface area contributed by atoms with E-state index < -0.39 is 0 Å². The number of hydrogen-bond acceptors (Lipinski definition) is 4. The van der Waals surface area contributed by atoms with Gasteiger partial charge in [-0.25, -0.2) is 0 Å². The van der Waals surface area contributed by atoms with Gasteiger partial charge in [0.05, 0.1) is 5.56 Å². The van der Waals surface area contributed by atoms with Gasteiger partial charge in [-0.1, -0.05) is 37.6 Å². The van der Waals surface area contributed by atoms with E-state index in [1.807, 2.05) is 43.4 Å². The lowest BCUT2D eigenvalue weighted by molar-refractivity contribution is 0.519. The normalized spacial score (nSPS) is 16.3. The Labute approximate surface area is 188 Å². The Morgan fingerprint density at radius 1 is 1.13 bits per heavy atom. The van der Waals surface area contributed by atoms with Gasteiger partial charge in [0.2, 0.25) is 0 Å². The maximum atomic E-state index is 13.7. The number of aromatic nitrogens is 2. The first-order chi connectivity index (χ1) is 15.0. The van der Waals surface area contributed by atoms with Gasteiger partial charge in [0.25, 0.3) is 5.56 Å². The van der Waals surface area contributed by atoms with Crippen LogP contribution in [-0.4, -0.2) is 34.7 Å². The standard InChI is InChI=1S/C25H29ClN4O/c1-17(2)28-16-21-5-4-14-30(21)23-15-22(18-10-12-27-13-11-18)24(25(31)29(23)3)19-6-8-20(26)9-7-19/h6-13,15,17,21,28H,4-5,14,16H2,1-3H3/t21-/m1/s1. The smallest absolute Gasteiger partial charge is 0.260 e. The number of hydrogen-bond donors (Lipinski definition) is 1. The molecule has 0 bridgehead atoms. The first kappa shape index (κ1) is 21.6. The highest BCUT2D eigenvalue weighted by molar-refractivity contribution is 6.30. The summed E-state index contributed by atoms with van der Waals surface area (Å²) in [6, 6.07) is 14.4. The van der Waals surface area contributed by atoms with Crippen molar-refractivity contribution in [1.82, 2.24) is 14.9 Å². The van der Waals surface area contributed by atoms with E-state index in [-0.39, 0.29) is 5.56 Å². The van der Waals surface area contributed by atoms with E-state index in [1.165, 1.54) is 0 Å². The van der Waals surface area contributed by atoms with Crippen LogP contribution in [0.25, 0.3) is 22.3 Å². The van der Waals surface area contributed by atoms with Crippen molar-refractivity contribution in [2.24, 2.45) is 7.05 Å². The van der Waals surface area contributed by atoms with Crippen molar-refractivity contribution in [2.45, 2.75) is 38.8 Å². The van der Waals surface area contributed by atoms with Crippen molar-refractivity contribution in [1.29, 1.82) is 0 Å². The average molecular weight is 437 g/mol. The van der Waals surface area contributed by atoms with Crippen LogP contribution in [0.1, 0.15) is 26.7 Å². The van der Waals surface area contributed by atoms with Crippen LogP contribution < -0.4 is 15.8 Å². The number of benzene rings is 1. The summed E-state index contributed by atoms with van der Waals surface area (Å²) in [6.07, 6.45) is 5.78. The highest BCUT2D eigenvalue weighted by Crippen LogP contribution is 2.34. The lowest BCUT2D eigenvalue weighted by Crippen LogP contribution is -2.42. The summed E-state index contributed by atoms with van der Waals surface area (Å²) in [4.78, 5) is 20.2. The molecular weight excluding hydrogens is 408 g/mol. The van der Waals surface area contributed by atoms with Gasteiger partial charge in [0, 0.05) is 49.6 Å². The molecule has 3 heterocycles. The molecule has 1 aromatic carbocycles. The quantitative estimate of drug-likeness (QED) is 0.606. The third kappa shape index (κ3) is 4.53. The third-order valence-electron chi connectivity index (χ3n) is 5.96. The molecule has 0 aliphatic carbocycles. The molecule has 1 N–H and O–H groups in total. The minimum atomic E-state index is -0.00546. The van der Waals surface area contributed by atoms with Crippen LogP contribution >= 0.6 is 11.6 Å². The Hall–Kier alpha value is -2.63. The Morgan fingerprint density at radius 2 is 1.84 bits per heavy atom. The maximum Gasteiger partial charge on any atom is 0.260 e. The summed E-state index contributed by atoms with van der Waals surface area (Å²) in [5.41, 5.74) is 3.45. The molecule has 1 atom stereocenters. The lowest BCUT2D eigenvalue weighted by atomic mass is 9.96. The summed E-state index contributed by atoms with van der Waals surface area (Å²) >= 11 is 6.10. The molecule has 0 saturated carbocycles. The van der Waals surface area contributed by atoms with Gasteiger partial charge in [0.1, 0.15) is 5.82 Å². The van der Waals surface area contributed by atoms with Crippen LogP contribution in [0.15, 0.2) is 59.7 Å². The lowest BCUT2D eigenvalue weighted by Gasteiger charge is -2.30. The second kappa shape index (κ2) is 9.25. The molecule has 6 heteroatoms. The van der Waals surface area contributed by atoms with Crippen LogP contribution in [0.5, 0.6) is 0 Å². The molecule has 162 valence electrons. The molecule has 3 aromatic rings. The van der Waals surface area contributed by atoms with Gasteiger partial charge in [-0.15, -0.1) is 0 Å². The summed E-state index contributed by atoms with van der Waals surface area (Å²) in [7, 11) is 1.87. The monoisotopic (exact) mass is 436 g/mol. The summed E-state index contributed by atoms with van der Waals surface area (Å²) in [5.74, 6) is 0.961. The molecule has 0 spiro atoms. The topological polar surface area (TPSA) is 50.2 Å². The number of halogens is 1. The van der Waals surface area contributed by atoms with E-state index in [2.05, 4.69) is 35.1 Å². The zero-order chi connectivity index (χ0) is 22.0. The molecule has 4 rings (SSSR count). The molecular formula is C25H29ClN4O. The Kier molecular flexibility index (Phi) is 6.44. The first-order valence-corrected chi connectivity index (χ1v) is 11.2. The van der Waals surface area contributed by atoms with Crippen molar-refractivity contribution >= 4 is 17.4 Å². The predicted molar refractivity (Wildman–Crippen MR) is 129 cm³/mol. The zero-order valence-corrected chi connectivity index (χ0v) is 19.1. The van der Waals surface area contributed by atoms with Crippen LogP contribution in [0.2, 0.25) is 5.02 Å². The maximum absolute atomic E-state index is 13.7. The molecule has 2 aromatic heterocycles. The summed E-state index contributed by atoms with van der Waals surface area (Å²) in [6.45, 7) is 6.19. The molecule has 5 nitrogen and oxygen atoms in total. The third-order valence-corrected chi connectivity index (χ3v) is 6.21. The fourth-order valence-corrected chi connectivity index (χ4v) is 4.46. The second-order valence-electron chi connectivity index (χ2n) is 8.45. The average Bonchev–Trinajstić information content (AvgIpc) is 3.24. The van der Waals surface area contributed by atoms with Gasteiger partial charge in [-0.3, -0.25) is 14.3 Å². The Balaban J connectivity index is 1.86. The van der Waals surface area contributed by atoms with Crippen LogP contribution in [0.4, 0.5) is 5.82 Å². The molecule has 1 fully saturated rings. The van der Waals surface area contributed by atoms with Crippen molar-refractivity contribution in [3.05, 3.63) is 70.2 Å². The summed E-state index contributed by atoms with van der Waals surface area (Å²) < 4.78 is 1.79. The van der Waals surface area contributed by atoms with Gasteiger partial charge in [0.15, 0.2) is 0 Å². The van der Waals surface area contributed by atoms with Crippen LogP contribution in [0.3, 0.4) is 0 Å². The van der Waals surface area contributed by atoms with E-state index in [9.17, 15) is 4.79 Å². The molecule has 0 unspecified atom stereocenters. The molecule has 31 heavy (non-hydrogen) atoms. The largest absolute Gasteiger partial charge is 0.354 e. The Morgan fingerprint density at radius 3 is 2.52 bits per heavy atom. The van der Waals surface area contributed by atoms with Crippen molar-refractivity contribution < 1.29 is 0 Å². The molecule has 1 aliphatic rings. The number of pyridine rings is 2. The number of nitrogens with zero attached hydrogens (tertiary/aromatic N) is 3. The minimum Gasteiger partial charge on any atom is -0.354 e. The van der Waals surface area contributed by atoms with E-state index in [4.69, 9.17) is 11.6 Å². The Bertz CT molecular complexity index is 1090. The fourth-order valence-electron chi connectivity index (χ4n) is 4.34. The van der Waals surface area contributed by atoms with E-state index >= 15 is 0 Å². The van der Waals surface area contributed by atoms with Crippen molar-refractivity contribution in [2.75, 3.05) is 18.0 Å².